The van der Waals surface area contributed by atoms with Crippen LogP contribution in [0.3, 0.4) is 0 Å². The Hall–Kier alpha value is -3.12. The highest BCUT2D eigenvalue weighted by atomic mass is 35.5. The highest BCUT2D eigenvalue weighted by Crippen LogP contribution is 2.21. The summed E-state index contributed by atoms with van der Waals surface area (Å²) in [5, 5.41) is 10.2. The molecule has 1 aromatic heterocycles. The van der Waals surface area contributed by atoms with Gasteiger partial charge in [0.2, 0.25) is 5.82 Å². The van der Waals surface area contributed by atoms with Gasteiger partial charge in [0, 0.05) is 28.9 Å². The van der Waals surface area contributed by atoms with Crippen molar-refractivity contribution in [3.8, 4) is 11.4 Å². The Balaban J connectivity index is 1.72. The van der Waals surface area contributed by atoms with E-state index in [0.29, 0.717) is 29.0 Å². The first-order valence-electron chi connectivity index (χ1n) is 8.57. The molecular weight excluding hydrogens is 364 g/mol. The molecule has 2 amide bonds. The van der Waals surface area contributed by atoms with Crippen molar-refractivity contribution in [3.05, 3.63) is 65.0 Å². The van der Waals surface area contributed by atoms with Crippen molar-refractivity contribution in [2.45, 2.75) is 13.3 Å². The number of anilines is 1. The second-order valence-corrected chi connectivity index (χ2v) is 6.18. The Morgan fingerprint density at radius 3 is 2.85 bits per heavy atom. The lowest BCUT2D eigenvalue weighted by Gasteiger charge is -2.07. The van der Waals surface area contributed by atoms with Gasteiger partial charge < -0.3 is 15.2 Å². The predicted molar refractivity (Wildman–Crippen MR) is 107 cm³/mol. The van der Waals surface area contributed by atoms with Gasteiger partial charge in [-0.1, -0.05) is 54.0 Å². The van der Waals surface area contributed by atoms with Crippen molar-refractivity contribution in [1.29, 1.82) is 0 Å². The second-order valence-electron chi connectivity index (χ2n) is 5.77. The van der Waals surface area contributed by atoms with Gasteiger partial charge in [-0.05, 0) is 36.3 Å². The maximum atomic E-state index is 11.8. The largest absolute Gasteiger partial charge is 0.338 e. The van der Waals surface area contributed by atoms with Crippen molar-refractivity contribution in [1.82, 2.24) is 15.5 Å². The molecule has 0 fully saturated rings. The first-order chi connectivity index (χ1) is 13.2. The molecule has 1 heterocycles. The molecule has 7 heteroatoms. The summed E-state index contributed by atoms with van der Waals surface area (Å²) in [4.78, 5) is 16.1. The van der Waals surface area contributed by atoms with Crippen LogP contribution in [0.25, 0.3) is 23.5 Å². The zero-order chi connectivity index (χ0) is 19.1. The maximum Gasteiger partial charge on any atom is 0.319 e. The normalized spacial score (nSPS) is 10.9. The molecule has 27 heavy (non-hydrogen) atoms. The van der Waals surface area contributed by atoms with Crippen LogP contribution in [0.1, 0.15) is 24.8 Å². The number of carbonyl (C=O) groups is 1. The molecule has 2 N–H and O–H groups in total. The van der Waals surface area contributed by atoms with Gasteiger partial charge in [0.15, 0.2) is 0 Å². The number of carbonyl (C=O) groups excluding carboxylic acids is 1. The highest BCUT2D eigenvalue weighted by Gasteiger charge is 2.08. The van der Waals surface area contributed by atoms with Crippen molar-refractivity contribution in [3.63, 3.8) is 0 Å². The lowest BCUT2D eigenvalue weighted by Crippen LogP contribution is -2.29. The van der Waals surface area contributed by atoms with Gasteiger partial charge >= 0.3 is 6.03 Å². The lowest BCUT2D eigenvalue weighted by atomic mass is 10.2. The van der Waals surface area contributed by atoms with Crippen LogP contribution in [0.4, 0.5) is 10.5 Å². The molecule has 3 rings (SSSR count). The van der Waals surface area contributed by atoms with E-state index in [9.17, 15) is 4.79 Å². The van der Waals surface area contributed by atoms with E-state index in [1.807, 2.05) is 49.4 Å². The molecule has 3 aromatic rings. The van der Waals surface area contributed by atoms with Gasteiger partial charge in [0.1, 0.15) is 0 Å². The number of urea groups is 1. The number of aromatic nitrogens is 2. The molecule has 0 bridgehead atoms. The number of benzene rings is 2. The van der Waals surface area contributed by atoms with Crippen molar-refractivity contribution in [2.75, 3.05) is 11.9 Å². The number of hydrogen-bond donors (Lipinski definition) is 2. The van der Waals surface area contributed by atoms with Crippen LogP contribution in [0.5, 0.6) is 0 Å². The summed E-state index contributed by atoms with van der Waals surface area (Å²) in [7, 11) is 0. The molecule has 0 atom stereocenters. The lowest BCUT2D eigenvalue weighted by molar-refractivity contribution is 0.252. The van der Waals surface area contributed by atoms with Crippen LogP contribution in [0, 0.1) is 0 Å². The third-order valence-corrected chi connectivity index (χ3v) is 4.01. The molecule has 6 nitrogen and oxygen atoms in total. The quantitative estimate of drug-likeness (QED) is 0.622. The van der Waals surface area contributed by atoms with Crippen molar-refractivity contribution < 1.29 is 9.32 Å². The molecule has 0 radical (unpaired) electrons. The molecule has 2 aromatic carbocycles. The number of halogens is 1. The second kappa shape index (κ2) is 9.00. The smallest absolute Gasteiger partial charge is 0.319 e. The Morgan fingerprint density at radius 1 is 1.19 bits per heavy atom. The summed E-state index contributed by atoms with van der Waals surface area (Å²) in [6.45, 7) is 2.62. The topological polar surface area (TPSA) is 80.0 Å². The number of nitrogens with zero attached hydrogens (tertiary/aromatic N) is 2. The van der Waals surface area contributed by atoms with Crippen LogP contribution in [0.2, 0.25) is 5.02 Å². The van der Waals surface area contributed by atoms with Crippen molar-refractivity contribution in [2.24, 2.45) is 0 Å². The number of amides is 2. The summed E-state index contributed by atoms with van der Waals surface area (Å²) in [5.74, 6) is 0.801. The zero-order valence-electron chi connectivity index (χ0n) is 14.8. The molecule has 138 valence electrons. The summed E-state index contributed by atoms with van der Waals surface area (Å²) >= 11 is 6.12. The van der Waals surface area contributed by atoms with E-state index in [-0.39, 0.29) is 6.03 Å². The standard InChI is InChI=1S/C20H19ClN4O2/c1-2-12-22-20(26)23-16-8-5-7-15(13-16)19-24-18(27-25-19)11-10-14-6-3-4-9-17(14)21/h3-11,13H,2,12H2,1H3,(H2,22,23,26)/b11-10+. The Labute approximate surface area is 162 Å². The molecule has 0 aliphatic carbocycles. The number of hydrogen-bond acceptors (Lipinski definition) is 4. The molecule has 0 aliphatic rings. The van der Waals surface area contributed by atoms with E-state index in [2.05, 4.69) is 20.8 Å². The fourth-order valence-corrected chi connectivity index (χ4v) is 2.54. The Morgan fingerprint density at radius 2 is 2.04 bits per heavy atom. The predicted octanol–water partition coefficient (Wildman–Crippen LogP) is 5.09. The van der Waals surface area contributed by atoms with Crippen LogP contribution in [-0.2, 0) is 0 Å². The Bertz CT molecular complexity index is 952. The summed E-state index contributed by atoms with van der Waals surface area (Å²) < 4.78 is 5.26. The van der Waals surface area contributed by atoms with Gasteiger partial charge in [-0.25, -0.2) is 4.79 Å². The van der Waals surface area contributed by atoms with E-state index in [1.54, 1.807) is 18.2 Å². The Kier molecular flexibility index (Phi) is 6.22. The van der Waals surface area contributed by atoms with E-state index in [0.717, 1.165) is 17.5 Å². The van der Waals surface area contributed by atoms with Gasteiger partial charge in [-0.3, -0.25) is 0 Å². The zero-order valence-corrected chi connectivity index (χ0v) is 15.5. The molecular formula is C20H19ClN4O2. The summed E-state index contributed by atoms with van der Waals surface area (Å²) in [5.41, 5.74) is 2.26. The molecule has 0 saturated carbocycles. The summed E-state index contributed by atoms with van der Waals surface area (Å²) in [6.07, 6.45) is 4.40. The van der Waals surface area contributed by atoms with Crippen LogP contribution >= 0.6 is 11.6 Å². The first-order valence-corrected chi connectivity index (χ1v) is 8.95. The average Bonchev–Trinajstić information content (AvgIpc) is 3.15. The highest BCUT2D eigenvalue weighted by molar-refractivity contribution is 6.32. The minimum absolute atomic E-state index is 0.245. The molecule has 0 saturated heterocycles. The SMILES string of the molecule is CCCNC(=O)Nc1cccc(-c2noc(/C=C/c3ccccc3Cl)n2)c1. The minimum atomic E-state index is -0.245. The average molecular weight is 383 g/mol. The monoisotopic (exact) mass is 382 g/mol. The van der Waals surface area contributed by atoms with E-state index >= 15 is 0 Å². The number of nitrogens with one attached hydrogen (secondary N) is 2. The fourth-order valence-electron chi connectivity index (χ4n) is 2.34. The van der Waals surface area contributed by atoms with E-state index in [1.165, 1.54) is 0 Å². The fraction of sp³-hybridized carbons (Fsp3) is 0.150. The van der Waals surface area contributed by atoms with Gasteiger partial charge in [0.25, 0.3) is 5.89 Å². The van der Waals surface area contributed by atoms with Crippen LogP contribution in [-0.4, -0.2) is 22.7 Å². The van der Waals surface area contributed by atoms with Crippen LogP contribution in [0.15, 0.2) is 53.1 Å². The maximum absolute atomic E-state index is 11.8. The third kappa shape index (κ3) is 5.18. The van der Waals surface area contributed by atoms with E-state index in [4.69, 9.17) is 16.1 Å². The molecule has 0 unspecified atom stereocenters. The van der Waals surface area contributed by atoms with E-state index < -0.39 is 0 Å². The molecule has 0 aliphatic heterocycles. The minimum Gasteiger partial charge on any atom is -0.338 e. The molecule has 0 spiro atoms. The van der Waals surface area contributed by atoms with Gasteiger partial charge in [0.05, 0.1) is 0 Å². The van der Waals surface area contributed by atoms with Gasteiger partial charge in [-0.15, -0.1) is 0 Å². The van der Waals surface area contributed by atoms with Crippen molar-refractivity contribution >= 4 is 35.5 Å². The number of rotatable bonds is 6. The van der Waals surface area contributed by atoms with Crippen LogP contribution < -0.4 is 10.6 Å². The van der Waals surface area contributed by atoms with Gasteiger partial charge in [-0.2, -0.15) is 4.98 Å². The first kappa shape index (κ1) is 18.7. The third-order valence-electron chi connectivity index (χ3n) is 3.67. The summed E-state index contributed by atoms with van der Waals surface area (Å²) in [6, 6.07) is 14.5.